The van der Waals surface area contributed by atoms with E-state index in [9.17, 15) is 14.4 Å². The lowest BCUT2D eigenvalue weighted by Gasteiger charge is -2.50. The molecule has 132 valence electrons. The molecule has 1 saturated carbocycles. The van der Waals surface area contributed by atoms with Gasteiger partial charge in [0.05, 0.1) is 12.5 Å². The molecule has 4 atom stereocenters. The predicted molar refractivity (Wildman–Crippen MR) is 88.6 cm³/mol. The van der Waals surface area contributed by atoms with Gasteiger partial charge in [-0.1, -0.05) is 12.5 Å². The van der Waals surface area contributed by atoms with Crippen molar-refractivity contribution in [3.8, 4) is 0 Å². The Balaban J connectivity index is 1.78. The fourth-order valence-corrected chi connectivity index (χ4v) is 5.29. The van der Waals surface area contributed by atoms with Crippen molar-refractivity contribution in [3.05, 3.63) is 35.3 Å². The second-order valence-electron chi connectivity index (χ2n) is 7.95. The minimum atomic E-state index is -1.20. The number of furan rings is 1. The number of rotatable bonds is 3. The summed E-state index contributed by atoms with van der Waals surface area (Å²) in [5.41, 5.74) is 1.26. The number of allylic oxidation sites excluding steroid dienone is 1. The molecule has 3 aliphatic rings. The third kappa shape index (κ3) is 1.98. The van der Waals surface area contributed by atoms with E-state index in [2.05, 4.69) is 6.92 Å². The second kappa shape index (κ2) is 5.16. The molecule has 1 aromatic rings. The van der Waals surface area contributed by atoms with Crippen molar-refractivity contribution < 1.29 is 23.5 Å². The summed E-state index contributed by atoms with van der Waals surface area (Å²) < 4.78 is 10.6. The van der Waals surface area contributed by atoms with Gasteiger partial charge in [-0.25, -0.2) is 0 Å². The van der Waals surface area contributed by atoms with E-state index in [4.69, 9.17) is 9.15 Å². The maximum absolute atomic E-state index is 12.9. The van der Waals surface area contributed by atoms with Crippen molar-refractivity contribution >= 4 is 17.5 Å². The van der Waals surface area contributed by atoms with Gasteiger partial charge in [0.15, 0.2) is 11.9 Å². The molecule has 0 spiro atoms. The van der Waals surface area contributed by atoms with Crippen LogP contribution in [0.2, 0.25) is 0 Å². The Bertz CT molecular complexity index is 802. The molecule has 2 aliphatic carbocycles. The van der Waals surface area contributed by atoms with Gasteiger partial charge < -0.3 is 9.15 Å². The van der Waals surface area contributed by atoms with Crippen LogP contribution in [0.15, 0.2) is 34.2 Å². The van der Waals surface area contributed by atoms with E-state index in [0.29, 0.717) is 18.4 Å². The van der Waals surface area contributed by atoms with Crippen molar-refractivity contribution in [3.63, 3.8) is 0 Å². The number of ketones is 2. The van der Waals surface area contributed by atoms with E-state index >= 15 is 0 Å². The average Bonchev–Trinajstić information content (AvgIpc) is 3.18. The first-order valence-corrected chi connectivity index (χ1v) is 8.80. The Hall–Kier alpha value is -2.17. The maximum atomic E-state index is 12.9. The first-order chi connectivity index (χ1) is 11.8. The first kappa shape index (κ1) is 16.3. The van der Waals surface area contributed by atoms with Crippen molar-refractivity contribution in [2.75, 3.05) is 0 Å². The molecule has 1 aliphatic heterocycles. The van der Waals surface area contributed by atoms with Crippen LogP contribution in [-0.2, 0) is 25.5 Å². The molecule has 2 heterocycles. The molecule has 5 nitrogen and oxygen atoms in total. The predicted octanol–water partition coefficient (Wildman–Crippen LogP) is 3.03. The molecule has 2 fully saturated rings. The molecular weight excluding hydrogens is 320 g/mol. The zero-order valence-corrected chi connectivity index (χ0v) is 14.8. The number of hydrogen-bond acceptors (Lipinski definition) is 5. The van der Waals surface area contributed by atoms with Crippen LogP contribution in [0.25, 0.3) is 0 Å². The minimum Gasteiger partial charge on any atom is -0.472 e. The summed E-state index contributed by atoms with van der Waals surface area (Å²) in [5.74, 6) is -1.17. The molecule has 4 rings (SSSR count). The lowest BCUT2D eigenvalue weighted by atomic mass is 9.49. The number of carbonyl (C=O) groups is 3. The Morgan fingerprint density at radius 2 is 1.96 bits per heavy atom. The SMILES string of the molecule is CC1=C(CCc2ccoc2)[C@@]2(C)CCC(=O)[C@]3(C)C(=O)O[C@H](C1=O)[C@@H]32. The highest BCUT2D eigenvalue weighted by molar-refractivity contribution is 6.11. The summed E-state index contributed by atoms with van der Waals surface area (Å²) in [4.78, 5) is 38.0. The highest BCUT2D eigenvalue weighted by Gasteiger charge is 2.70. The maximum Gasteiger partial charge on any atom is 0.320 e. The van der Waals surface area contributed by atoms with Gasteiger partial charge in [-0.05, 0) is 55.7 Å². The van der Waals surface area contributed by atoms with Crippen LogP contribution >= 0.6 is 0 Å². The molecule has 25 heavy (non-hydrogen) atoms. The van der Waals surface area contributed by atoms with Crippen molar-refractivity contribution in [2.24, 2.45) is 16.7 Å². The normalized spacial score (nSPS) is 37.3. The molecule has 1 saturated heterocycles. The van der Waals surface area contributed by atoms with Gasteiger partial charge in [-0.2, -0.15) is 0 Å². The van der Waals surface area contributed by atoms with Crippen LogP contribution in [0.5, 0.6) is 0 Å². The number of aryl methyl sites for hydroxylation is 1. The van der Waals surface area contributed by atoms with E-state index in [1.54, 1.807) is 19.5 Å². The van der Waals surface area contributed by atoms with Crippen LogP contribution < -0.4 is 0 Å². The molecule has 0 bridgehead atoms. The zero-order chi connectivity index (χ0) is 18.0. The van der Waals surface area contributed by atoms with Crippen molar-refractivity contribution in [1.82, 2.24) is 0 Å². The Kier molecular flexibility index (Phi) is 3.37. The Morgan fingerprint density at radius 1 is 1.20 bits per heavy atom. The fraction of sp³-hybridized carbons (Fsp3) is 0.550. The Morgan fingerprint density at radius 3 is 2.64 bits per heavy atom. The largest absolute Gasteiger partial charge is 0.472 e. The molecule has 1 aromatic heterocycles. The highest BCUT2D eigenvalue weighted by Crippen LogP contribution is 2.62. The van der Waals surface area contributed by atoms with E-state index in [1.807, 2.05) is 13.0 Å². The second-order valence-corrected chi connectivity index (χ2v) is 7.95. The third-order valence-electron chi connectivity index (χ3n) is 6.73. The molecule has 0 unspecified atom stereocenters. The molecule has 0 amide bonds. The van der Waals surface area contributed by atoms with Gasteiger partial charge in [0, 0.05) is 12.3 Å². The van der Waals surface area contributed by atoms with E-state index in [-0.39, 0.29) is 17.0 Å². The van der Waals surface area contributed by atoms with Crippen LogP contribution in [0, 0.1) is 16.7 Å². The van der Waals surface area contributed by atoms with Crippen molar-refractivity contribution in [1.29, 1.82) is 0 Å². The number of carbonyl (C=O) groups excluding carboxylic acids is 3. The zero-order valence-electron chi connectivity index (χ0n) is 14.8. The number of hydrogen-bond donors (Lipinski definition) is 0. The topological polar surface area (TPSA) is 73.6 Å². The lowest BCUT2D eigenvalue weighted by Crippen LogP contribution is -2.56. The summed E-state index contributed by atoms with van der Waals surface area (Å²) in [6.07, 6.45) is 5.03. The lowest BCUT2D eigenvalue weighted by molar-refractivity contribution is -0.155. The molecule has 0 N–H and O–H groups in total. The molecule has 0 aromatic carbocycles. The molecule has 5 heteroatoms. The summed E-state index contributed by atoms with van der Waals surface area (Å²) in [6, 6.07) is 1.92. The van der Waals surface area contributed by atoms with E-state index in [0.717, 1.165) is 24.0 Å². The molecule has 0 radical (unpaired) electrons. The third-order valence-corrected chi connectivity index (χ3v) is 6.73. The van der Waals surface area contributed by atoms with Gasteiger partial charge in [0.2, 0.25) is 0 Å². The average molecular weight is 342 g/mol. The number of ether oxygens (including phenoxy) is 1. The smallest absolute Gasteiger partial charge is 0.320 e. The van der Waals surface area contributed by atoms with Gasteiger partial charge in [-0.15, -0.1) is 0 Å². The Labute approximate surface area is 146 Å². The van der Waals surface area contributed by atoms with Gasteiger partial charge in [-0.3, -0.25) is 14.4 Å². The van der Waals surface area contributed by atoms with E-state index < -0.39 is 23.4 Å². The molecular formula is C20H22O5. The van der Waals surface area contributed by atoms with Crippen LogP contribution in [0.3, 0.4) is 0 Å². The summed E-state index contributed by atoms with van der Waals surface area (Å²) in [5, 5.41) is 0. The van der Waals surface area contributed by atoms with Gasteiger partial charge in [0.25, 0.3) is 0 Å². The fourth-order valence-electron chi connectivity index (χ4n) is 5.29. The summed E-state index contributed by atoms with van der Waals surface area (Å²) >= 11 is 0. The van der Waals surface area contributed by atoms with Crippen LogP contribution in [0.4, 0.5) is 0 Å². The quantitative estimate of drug-likeness (QED) is 0.623. The first-order valence-electron chi connectivity index (χ1n) is 8.80. The standard InChI is InChI=1S/C20H22O5/c1-11-13(5-4-12-7-9-24-10-12)19(2)8-6-14(21)20(3)17(19)16(15(11)22)25-18(20)23/h7,9-10,16-17H,4-6,8H2,1-3H3/t16-,17-,19-,20+/m1/s1. The van der Waals surface area contributed by atoms with Crippen LogP contribution in [0.1, 0.15) is 45.6 Å². The van der Waals surface area contributed by atoms with Gasteiger partial charge in [0.1, 0.15) is 11.2 Å². The summed E-state index contributed by atoms with van der Waals surface area (Å²) in [7, 11) is 0. The number of Topliss-reactive ketones (excluding diaryl/α,β-unsaturated/α-hetero) is 2. The van der Waals surface area contributed by atoms with Gasteiger partial charge >= 0.3 is 5.97 Å². The minimum absolute atomic E-state index is 0.0935. The van der Waals surface area contributed by atoms with E-state index in [1.165, 1.54) is 0 Å². The number of esters is 1. The summed E-state index contributed by atoms with van der Waals surface area (Å²) in [6.45, 7) is 5.59. The monoisotopic (exact) mass is 342 g/mol. The van der Waals surface area contributed by atoms with Crippen LogP contribution in [-0.4, -0.2) is 23.6 Å². The highest BCUT2D eigenvalue weighted by atomic mass is 16.6. The van der Waals surface area contributed by atoms with Crippen molar-refractivity contribution in [2.45, 2.75) is 52.6 Å².